The van der Waals surface area contributed by atoms with E-state index in [9.17, 15) is 0 Å². The third-order valence-corrected chi connectivity index (χ3v) is 3.99. The second-order valence-corrected chi connectivity index (χ2v) is 6.01. The van der Waals surface area contributed by atoms with Crippen molar-refractivity contribution in [1.29, 1.82) is 0 Å². The van der Waals surface area contributed by atoms with Gasteiger partial charge in [-0.05, 0) is 52.0 Å². The van der Waals surface area contributed by atoms with Crippen molar-refractivity contribution in [3.63, 3.8) is 0 Å². The van der Waals surface area contributed by atoms with Crippen molar-refractivity contribution in [1.82, 2.24) is 15.1 Å². The monoisotopic (exact) mass is 352 g/mol. The van der Waals surface area contributed by atoms with Gasteiger partial charge in [0.1, 0.15) is 11.6 Å². The molecule has 0 saturated carbocycles. The van der Waals surface area contributed by atoms with Crippen molar-refractivity contribution in [2.75, 3.05) is 28.6 Å². The summed E-state index contributed by atoms with van der Waals surface area (Å²) in [7, 11) is 0. The Morgan fingerprint density at radius 2 is 1.65 bits per heavy atom. The zero-order chi connectivity index (χ0) is 18.5. The summed E-state index contributed by atoms with van der Waals surface area (Å²) in [4.78, 5) is 11.2. The number of aromatic nitrogens is 3. The molecule has 0 fully saturated rings. The largest absolute Gasteiger partial charge is 0.372 e. The average molecular weight is 352 g/mol. The number of nitrogens with one attached hydrogen (secondary N) is 2. The first-order valence-electron chi connectivity index (χ1n) is 8.75. The second kappa shape index (κ2) is 7.86. The number of anilines is 5. The molecule has 3 aromatic rings. The van der Waals surface area contributed by atoms with E-state index in [0.717, 1.165) is 36.0 Å². The van der Waals surface area contributed by atoms with Crippen molar-refractivity contribution in [2.45, 2.75) is 27.7 Å². The van der Waals surface area contributed by atoms with E-state index >= 15 is 0 Å². The molecule has 2 aromatic heterocycles. The quantitative estimate of drug-likeness (QED) is 0.652. The molecule has 7 nitrogen and oxygen atoms in total. The van der Waals surface area contributed by atoms with Gasteiger partial charge in [-0.2, -0.15) is 4.98 Å². The predicted molar refractivity (Wildman–Crippen MR) is 105 cm³/mol. The zero-order valence-electron chi connectivity index (χ0n) is 15.6. The number of hydrogen-bond acceptors (Lipinski definition) is 7. The molecule has 0 bridgehead atoms. The number of aryl methyl sites for hydroxylation is 2. The Morgan fingerprint density at radius 1 is 0.923 bits per heavy atom. The van der Waals surface area contributed by atoms with Crippen molar-refractivity contribution < 1.29 is 4.52 Å². The molecule has 136 valence electrons. The highest BCUT2D eigenvalue weighted by Crippen LogP contribution is 2.22. The molecule has 26 heavy (non-hydrogen) atoms. The van der Waals surface area contributed by atoms with Gasteiger partial charge in [0.15, 0.2) is 5.82 Å². The molecule has 0 unspecified atom stereocenters. The second-order valence-electron chi connectivity index (χ2n) is 6.01. The van der Waals surface area contributed by atoms with E-state index in [1.54, 1.807) is 6.07 Å². The highest BCUT2D eigenvalue weighted by molar-refractivity contribution is 5.62. The third-order valence-electron chi connectivity index (χ3n) is 3.99. The number of benzene rings is 1. The Kier molecular flexibility index (Phi) is 5.36. The summed E-state index contributed by atoms with van der Waals surface area (Å²) in [5.41, 5.74) is 3.04. The van der Waals surface area contributed by atoms with Crippen LogP contribution >= 0.6 is 0 Å². The first-order chi connectivity index (χ1) is 12.6. The van der Waals surface area contributed by atoms with E-state index in [0.29, 0.717) is 11.8 Å². The lowest BCUT2D eigenvalue weighted by Crippen LogP contribution is -2.21. The van der Waals surface area contributed by atoms with Crippen LogP contribution in [0.3, 0.4) is 0 Å². The van der Waals surface area contributed by atoms with E-state index in [1.165, 1.54) is 5.69 Å². The highest BCUT2D eigenvalue weighted by Gasteiger charge is 2.07. The lowest BCUT2D eigenvalue weighted by molar-refractivity contribution is 0.400. The van der Waals surface area contributed by atoms with Crippen LogP contribution in [-0.4, -0.2) is 28.2 Å². The summed E-state index contributed by atoms with van der Waals surface area (Å²) < 4.78 is 5.05. The fourth-order valence-electron chi connectivity index (χ4n) is 2.72. The van der Waals surface area contributed by atoms with Crippen LogP contribution in [0.15, 0.2) is 40.9 Å². The smallest absolute Gasteiger partial charge is 0.230 e. The lowest BCUT2D eigenvalue weighted by atomic mass is 10.2. The van der Waals surface area contributed by atoms with Crippen LogP contribution in [0.2, 0.25) is 0 Å². The summed E-state index contributed by atoms with van der Waals surface area (Å²) in [5.74, 6) is 2.51. The minimum atomic E-state index is 0.473. The fraction of sp³-hybridized carbons (Fsp3) is 0.316. The molecule has 7 heteroatoms. The van der Waals surface area contributed by atoms with Crippen molar-refractivity contribution in [3.8, 4) is 0 Å². The molecule has 2 N–H and O–H groups in total. The number of hydrogen-bond donors (Lipinski definition) is 2. The van der Waals surface area contributed by atoms with Gasteiger partial charge in [0.2, 0.25) is 5.95 Å². The van der Waals surface area contributed by atoms with Gasteiger partial charge in [-0.1, -0.05) is 5.16 Å². The van der Waals surface area contributed by atoms with E-state index < -0.39 is 0 Å². The van der Waals surface area contributed by atoms with Gasteiger partial charge >= 0.3 is 0 Å². The minimum absolute atomic E-state index is 0.473. The van der Waals surface area contributed by atoms with Gasteiger partial charge < -0.3 is 20.1 Å². The van der Waals surface area contributed by atoms with Crippen molar-refractivity contribution >= 4 is 29.0 Å². The fourth-order valence-corrected chi connectivity index (χ4v) is 2.72. The standard InChI is InChI=1S/C19H24N6O/c1-5-25(6-2)16-9-7-15(8-10-16)21-17-11-13(3)20-19(22-17)23-18-12-14(4)26-24-18/h7-12H,5-6H2,1-4H3,(H2,20,21,22,23,24). The summed E-state index contributed by atoms with van der Waals surface area (Å²) in [5, 5.41) is 10.3. The van der Waals surface area contributed by atoms with Gasteiger partial charge in [0.05, 0.1) is 0 Å². The summed E-state index contributed by atoms with van der Waals surface area (Å²) >= 11 is 0. The predicted octanol–water partition coefficient (Wildman–Crippen LogP) is 4.41. The van der Waals surface area contributed by atoms with Crippen LogP contribution in [0.4, 0.5) is 29.0 Å². The molecule has 2 heterocycles. The van der Waals surface area contributed by atoms with Crippen LogP contribution in [-0.2, 0) is 0 Å². The van der Waals surface area contributed by atoms with Gasteiger partial charge in [-0.3, -0.25) is 0 Å². The van der Waals surface area contributed by atoms with Crippen LogP contribution in [0.25, 0.3) is 0 Å². The minimum Gasteiger partial charge on any atom is -0.372 e. The van der Waals surface area contributed by atoms with Gasteiger partial charge in [-0.15, -0.1) is 0 Å². The topological polar surface area (TPSA) is 79.1 Å². The van der Waals surface area contributed by atoms with Gasteiger partial charge in [-0.25, -0.2) is 4.98 Å². The molecule has 0 aliphatic rings. The summed E-state index contributed by atoms with van der Waals surface area (Å²) in [6, 6.07) is 12.0. The normalized spacial score (nSPS) is 10.6. The number of nitrogens with zero attached hydrogens (tertiary/aromatic N) is 4. The van der Waals surface area contributed by atoms with E-state index in [1.807, 2.05) is 19.9 Å². The van der Waals surface area contributed by atoms with Crippen molar-refractivity contribution in [3.05, 3.63) is 47.9 Å². The van der Waals surface area contributed by atoms with Crippen LogP contribution in [0, 0.1) is 13.8 Å². The Hall–Kier alpha value is -3.09. The van der Waals surface area contributed by atoms with Crippen LogP contribution in [0.5, 0.6) is 0 Å². The molecule has 0 atom stereocenters. The molecule has 0 spiro atoms. The Morgan fingerprint density at radius 3 is 2.27 bits per heavy atom. The maximum Gasteiger partial charge on any atom is 0.230 e. The molecular weight excluding hydrogens is 328 g/mol. The molecule has 0 radical (unpaired) electrons. The molecule has 0 aliphatic carbocycles. The van der Waals surface area contributed by atoms with Crippen LogP contribution in [0.1, 0.15) is 25.3 Å². The number of rotatable bonds is 7. The molecule has 3 rings (SSSR count). The Labute approximate surface area is 153 Å². The average Bonchev–Trinajstić information content (AvgIpc) is 3.02. The Balaban J connectivity index is 1.75. The van der Waals surface area contributed by atoms with E-state index in [-0.39, 0.29) is 0 Å². The molecule has 0 amide bonds. The van der Waals surface area contributed by atoms with Gasteiger partial charge in [0.25, 0.3) is 0 Å². The maximum atomic E-state index is 5.05. The first-order valence-corrected chi connectivity index (χ1v) is 8.75. The first kappa shape index (κ1) is 17.7. The molecule has 0 saturated heterocycles. The van der Waals surface area contributed by atoms with Crippen molar-refractivity contribution in [2.24, 2.45) is 0 Å². The highest BCUT2D eigenvalue weighted by atomic mass is 16.5. The SMILES string of the molecule is CCN(CC)c1ccc(Nc2cc(C)nc(Nc3cc(C)on3)n2)cc1. The summed E-state index contributed by atoms with van der Waals surface area (Å²) in [6.45, 7) is 10.1. The molecule has 0 aliphatic heterocycles. The van der Waals surface area contributed by atoms with Crippen LogP contribution < -0.4 is 15.5 Å². The zero-order valence-corrected chi connectivity index (χ0v) is 15.6. The van der Waals surface area contributed by atoms with E-state index in [2.05, 4.69) is 68.8 Å². The lowest BCUT2D eigenvalue weighted by Gasteiger charge is -2.21. The third kappa shape index (κ3) is 4.30. The van der Waals surface area contributed by atoms with Gasteiger partial charge in [0, 0.05) is 42.3 Å². The Bertz CT molecular complexity index is 855. The maximum absolute atomic E-state index is 5.05. The molecular formula is C19H24N6O. The summed E-state index contributed by atoms with van der Waals surface area (Å²) in [6.07, 6.45) is 0. The van der Waals surface area contributed by atoms with E-state index in [4.69, 9.17) is 4.52 Å². The molecule has 1 aromatic carbocycles.